The Morgan fingerprint density at radius 2 is 1.91 bits per heavy atom. The highest BCUT2D eigenvalue weighted by atomic mass is 79.9. The van der Waals surface area contributed by atoms with Gasteiger partial charge in [-0.3, -0.25) is 0 Å². The summed E-state index contributed by atoms with van der Waals surface area (Å²) in [6.07, 6.45) is 0. The van der Waals surface area contributed by atoms with Gasteiger partial charge in [-0.2, -0.15) is 0 Å². The first-order valence-electron chi connectivity index (χ1n) is 6.40. The number of benzene rings is 2. The van der Waals surface area contributed by atoms with Crippen LogP contribution in [-0.4, -0.2) is 17.2 Å². The van der Waals surface area contributed by atoms with Gasteiger partial charge in [-0.05, 0) is 36.4 Å². The Morgan fingerprint density at radius 1 is 1.14 bits per heavy atom. The molecule has 0 spiro atoms. The van der Waals surface area contributed by atoms with Crippen molar-refractivity contribution in [2.45, 2.75) is 0 Å². The van der Waals surface area contributed by atoms with Gasteiger partial charge >= 0.3 is 0 Å². The molecule has 0 fully saturated rings. The average molecular weight is 379 g/mol. The van der Waals surface area contributed by atoms with Gasteiger partial charge in [0.1, 0.15) is 11.5 Å². The van der Waals surface area contributed by atoms with Gasteiger partial charge in [-0.1, -0.05) is 6.07 Å². The van der Waals surface area contributed by atoms with E-state index in [1.807, 2.05) is 35.7 Å². The van der Waals surface area contributed by atoms with Gasteiger partial charge in [0.2, 0.25) is 0 Å². The summed E-state index contributed by atoms with van der Waals surface area (Å²) < 4.78 is 5.15. The predicted molar refractivity (Wildman–Crippen MR) is 95.8 cm³/mol. The van der Waals surface area contributed by atoms with Gasteiger partial charge in [0.05, 0.1) is 12.8 Å². The fraction of sp³-hybridized carbons (Fsp3) is 0.0625. The highest BCUT2D eigenvalue weighted by Crippen LogP contribution is 2.28. The normalized spacial score (nSPS) is 9.86. The van der Waals surface area contributed by atoms with Crippen LogP contribution in [0.1, 0.15) is 0 Å². The third kappa shape index (κ3) is 3.78. The van der Waals surface area contributed by atoms with Crippen molar-refractivity contribution in [3.63, 3.8) is 0 Å². The van der Waals surface area contributed by atoms with Crippen LogP contribution < -0.4 is 10.1 Å². The third-order valence-electron chi connectivity index (χ3n) is 2.99. The molecule has 2 aromatic carbocycles. The quantitative estimate of drug-likeness (QED) is 0.681. The summed E-state index contributed by atoms with van der Waals surface area (Å²) in [5.74, 6) is 1.05. The van der Waals surface area contributed by atoms with E-state index in [-0.39, 0.29) is 22.7 Å². The summed E-state index contributed by atoms with van der Waals surface area (Å²) in [6, 6.07) is 14.8. The second-order valence-corrected chi connectivity index (χ2v) is 5.30. The average Bonchev–Trinajstić information content (AvgIpc) is 2.96. The lowest BCUT2D eigenvalue weighted by Crippen LogP contribution is -1.89. The maximum atomic E-state index is 9.45. The van der Waals surface area contributed by atoms with Gasteiger partial charge in [0.15, 0.2) is 5.13 Å². The molecule has 0 amide bonds. The number of hydrogen-bond acceptors (Lipinski definition) is 5. The van der Waals surface area contributed by atoms with E-state index in [1.165, 1.54) is 11.3 Å². The molecule has 0 bridgehead atoms. The van der Waals surface area contributed by atoms with Crippen molar-refractivity contribution in [3.05, 3.63) is 53.9 Å². The zero-order chi connectivity index (χ0) is 14.7. The van der Waals surface area contributed by atoms with E-state index >= 15 is 0 Å². The number of aromatic hydroxyl groups is 1. The Hall–Kier alpha value is -2.05. The minimum absolute atomic E-state index is 0. The van der Waals surface area contributed by atoms with E-state index < -0.39 is 0 Å². The molecule has 22 heavy (non-hydrogen) atoms. The van der Waals surface area contributed by atoms with Crippen molar-refractivity contribution in [1.29, 1.82) is 0 Å². The molecule has 0 saturated carbocycles. The molecular weight excluding hydrogens is 364 g/mol. The monoisotopic (exact) mass is 378 g/mol. The zero-order valence-electron chi connectivity index (χ0n) is 11.8. The second-order valence-electron chi connectivity index (χ2n) is 4.44. The zero-order valence-corrected chi connectivity index (χ0v) is 14.3. The molecular formula is C16H15BrN2O2S. The van der Waals surface area contributed by atoms with Crippen molar-refractivity contribution in [3.8, 4) is 22.8 Å². The summed E-state index contributed by atoms with van der Waals surface area (Å²) in [5.41, 5.74) is 2.76. The van der Waals surface area contributed by atoms with Crippen LogP contribution in [0.3, 0.4) is 0 Å². The van der Waals surface area contributed by atoms with Crippen LogP contribution in [0.4, 0.5) is 10.8 Å². The van der Waals surface area contributed by atoms with Gasteiger partial charge < -0.3 is 15.2 Å². The number of phenols is 1. The van der Waals surface area contributed by atoms with Gasteiger partial charge in [0.25, 0.3) is 0 Å². The number of nitrogens with zero attached hydrogens (tertiary/aromatic N) is 1. The van der Waals surface area contributed by atoms with E-state index in [0.29, 0.717) is 0 Å². The number of aromatic nitrogens is 1. The number of methoxy groups -OCH3 is 1. The van der Waals surface area contributed by atoms with E-state index in [4.69, 9.17) is 4.74 Å². The van der Waals surface area contributed by atoms with E-state index in [2.05, 4.69) is 10.3 Å². The van der Waals surface area contributed by atoms with E-state index in [0.717, 1.165) is 27.8 Å². The van der Waals surface area contributed by atoms with Crippen LogP contribution in [0.5, 0.6) is 11.5 Å². The number of hydrogen-bond donors (Lipinski definition) is 2. The number of halogens is 1. The topological polar surface area (TPSA) is 54.4 Å². The van der Waals surface area contributed by atoms with Gasteiger partial charge in [-0.25, -0.2) is 4.98 Å². The molecule has 1 aromatic heterocycles. The van der Waals surface area contributed by atoms with Crippen LogP contribution >= 0.6 is 28.3 Å². The smallest absolute Gasteiger partial charge is 0.187 e. The minimum Gasteiger partial charge on any atom is -0.508 e. The molecule has 0 aliphatic carbocycles. The maximum absolute atomic E-state index is 9.45. The lowest BCUT2D eigenvalue weighted by atomic mass is 10.2. The number of nitrogens with one attached hydrogen (secondary N) is 1. The summed E-state index contributed by atoms with van der Waals surface area (Å²) in [5, 5.41) is 15.4. The Balaban J connectivity index is 0.00000176. The van der Waals surface area contributed by atoms with Crippen molar-refractivity contribution >= 4 is 39.1 Å². The van der Waals surface area contributed by atoms with Gasteiger partial charge in [0, 0.05) is 22.7 Å². The first-order chi connectivity index (χ1) is 10.2. The van der Waals surface area contributed by atoms with E-state index in [9.17, 15) is 5.11 Å². The van der Waals surface area contributed by atoms with Crippen molar-refractivity contribution in [2.24, 2.45) is 0 Å². The second kappa shape index (κ2) is 7.29. The molecule has 2 N–H and O–H groups in total. The number of rotatable bonds is 4. The number of thiazole rings is 1. The van der Waals surface area contributed by atoms with Crippen LogP contribution in [0.2, 0.25) is 0 Å². The first-order valence-corrected chi connectivity index (χ1v) is 7.28. The molecule has 0 aliphatic heterocycles. The molecule has 114 valence electrons. The molecule has 3 aromatic rings. The number of ether oxygens (including phenoxy) is 1. The number of anilines is 2. The first kappa shape index (κ1) is 16.3. The SMILES string of the molecule is Br.COc1ccc(-c2csc(Nc3cccc(O)c3)n2)cc1. The summed E-state index contributed by atoms with van der Waals surface area (Å²) in [4.78, 5) is 4.55. The molecule has 3 rings (SSSR count). The standard InChI is InChI=1S/C16H14N2O2S.BrH/c1-20-14-7-5-11(6-8-14)15-10-21-16(18-15)17-12-3-2-4-13(19)9-12;/h2-10,19H,1H3,(H,17,18);1H. The van der Waals surface area contributed by atoms with Crippen LogP contribution in [0.15, 0.2) is 53.9 Å². The minimum atomic E-state index is 0. The largest absolute Gasteiger partial charge is 0.508 e. The predicted octanol–water partition coefficient (Wildman–Crippen LogP) is 4.85. The number of phenolic OH excluding ortho intramolecular Hbond substituents is 1. The fourth-order valence-corrected chi connectivity index (χ4v) is 2.67. The van der Waals surface area contributed by atoms with Crippen molar-refractivity contribution in [1.82, 2.24) is 4.98 Å². The molecule has 0 aliphatic rings. The van der Waals surface area contributed by atoms with Crippen LogP contribution in [-0.2, 0) is 0 Å². The highest BCUT2D eigenvalue weighted by molar-refractivity contribution is 8.93. The fourth-order valence-electron chi connectivity index (χ4n) is 1.93. The molecule has 0 atom stereocenters. The van der Waals surface area contributed by atoms with Crippen molar-refractivity contribution < 1.29 is 9.84 Å². The molecule has 0 radical (unpaired) electrons. The summed E-state index contributed by atoms with van der Waals surface area (Å²) in [7, 11) is 1.65. The third-order valence-corrected chi connectivity index (χ3v) is 3.75. The summed E-state index contributed by atoms with van der Waals surface area (Å²) >= 11 is 1.52. The van der Waals surface area contributed by atoms with E-state index in [1.54, 1.807) is 25.3 Å². The van der Waals surface area contributed by atoms with Crippen molar-refractivity contribution in [2.75, 3.05) is 12.4 Å². The van der Waals surface area contributed by atoms with Crippen LogP contribution in [0, 0.1) is 0 Å². The molecule has 4 nitrogen and oxygen atoms in total. The Labute approximate surface area is 143 Å². The van der Waals surface area contributed by atoms with Gasteiger partial charge in [-0.15, -0.1) is 28.3 Å². The maximum Gasteiger partial charge on any atom is 0.187 e. The Morgan fingerprint density at radius 3 is 2.59 bits per heavy atom. The highest BCUT2D eigenvalue weighted by Gasteiger charge is 2.05. The Bertz CT molecular complexity index is 744. The molecule has 6 heteroatoms. The lowest BCUT2D eigenvalue weighted by molar-refractivity contribution is 0.415. The lowest BCUT2D eigenvalue weighted by Gasteiger charge is -2.03. The van der Waals surface area contributed by atoms with Crippen LogP contribution in [0.25, 0.3) is 11.3 Å². The molecule has 0 unspecified atom stereocenters. The molecule has 1 heterocycles. The summed E-state index contributed by atoms with van der Waals surface area (Å²) in [6.45, 7) is 0. The molecule has 0 saturated heterocycles. The Kier molecular flexibility index (Phi) is 5.41.